The highest BCUT2D eigenvalue weighted by Crippen LogP contribution is 2.27. The monoisotopic (exact) mass is 342 g/mol. The molecule has 0 unspecified atom stereocenters. The molecule has 1 aliphatic heterocycles. The Morgan fingerprint density at radius 3 is 2.80 bits per heavy atom. The lowest BCUT2D eigenvalue weighted by Gasteiger charge is -2.18. The number of nitrogens with zero attached hydrogens (tertiary/aromatic N) is 5. The third-order valence-corrected chi connectivity index (χ3v) is 4.86. The molecule has 25 heavy (non-hydrogen) atoms. The number of nitrogens with one attached hydrogen (secondary N) is 1. The van der Waals surface area contributed by atoms with E-state index in [2.05, 4.69) is 15.4 Å². The normalized spacial score (nSPS) is 17.1. The molecule has 2 aromatic heterocycles. The van der Waals surface area contributed by atoms with Gasteiger partial charge in [0.2, 0.25) is 5.82 Å². The predicted molar refractivity (Wildman–Crippen MR) is 90.1 cm³/mol. The van der Waals surface area contributed by atoms with E-state index in [1.165, 1.54) is 23.9 Å². The van der Waals surface area contributed by atoms with Gasteiger partial charge in [0.15, 0.2) is 0 Å². The maximum absolute atomic E-state index is 12.5. The van der Waals surface area contributed by atoms with Crippen LogP contribution in [0.1, 0.15) is 39.6 Å². The van der Waals surface area contributed by atoms with Crippen molar-refractivity contribution < 1.29 is 9.59 Å². The molecule has 2 aliphatic rings. The summed E-state index contributed by atoms with van der Waals surface area (Å²) >= 11 is 0. The third-order valence-electron chi connectivity index (χ3n) is 4.86. The number of amides is 2. The summed E-state index contributed by atoms with van der Waals surface area (Å²) in [5.74, 6) is 0.688. The van der Waals surface area contributed by atoms with Crippen LogP contribution in [0.2, 0.25) is 0 Å². The molecule has 132 valence electrons. The summed E-state index contributed by atoms with van der Waals surface area (Å²) in [6.45, 7) is 2.51. The Kier molecular flexibility index (Phi) is 4.03. The van der Waals surface area contributed by atoms with Crippen molar-refractivity contribution in [2.24, 2.45) is 13.0 Å². The first-order chi connectivity index (χ1) is 12.1. The molecular formula is C17H22N6O2. The van der Waals surface area contributed by atoms with Crippen LogP contribution in [0.5, 0.6) is 0 Å². The van der Waals surface area contributed by atoms with Gasteiger partial charge in [-0.15, -0.1) is 5.10 Å². The van der Waals surface area contributed by atoms with E-state index in [9.17, 15) is 9.59 Å². The van der Waals surface area contributed by atoms with Crippen molar-refractivity contribution in [3.8, 4) is 0 Å². The van der Waals surface area contributed by atoms with Gasteiger partial charge >= 0.3 is 0 Å². The average Bonchev–Trinajstić information content (AvgIpc) is 3.27. The van der Waals surface area contributed by atoms with Gasteiger partial charge in [-0.1, -0.05) is 0 Å². The summed E-state index contributed by atoms with van der Waals surface area (Å²) in [6, 6.07) is 3.87. The number of aromatic nitrogens is 4. The zero-order valence-electron chi connectivity index (χ0n) is 14.3. The van der Waals surface area contributed by atoms with Gasteiger partial charge in [0, 0.05) is 45.3 Å². The zero-order chi connectivity index (χ0) is 17.4. The van der Waals surface area contributed by atoms with Crippen LogP contribution in [0.3, 0.4) is 0 Å². The maximum Gasteiger partial charge on any atom is 0.293 e. The zero-order valence-corrected chi connectivity index (χ0v) is 14.3. The van der Waals surface area contributed by atoms with E-state index in [4.69, 9.17) is 0 Å². The summed E-state index contributed by atoms with van der Waals surface area (Å²) in [5.41, 5.74) is 1.77. The van der Waals surface area contributed by atoms with Gasteiger partial charge in [-0.25, -0.2) is 4.98 Å². The van der Waals surface area contributed by atoms with Crippen molar-refractivity contribution in [3.63, 3.8) is 0 Å². The van der Waals surface area contributed by atoms with Gasteiger partial charge in [-0.2, -0.15) is 0 Å². The molecule has 0 radical (unpaired) electrons. The Morgan fingerprint density at radius 2 is 2.08 bits per heavy atom. The molecule has 1 aliphatic carbocycles. The highest BCUT2D eigenvalue weighted by molar-refractivity contribution is 5.93. The molecule has 2 amide bonds. The molecule has 1 saturated carbocycles. The fraction of sp³-hybridized carbons (Fsp3) is 0.529. The molecule has 0 atom stereocenters. The Labute approximate surface area is 145 Å². The fourth-order valence-electron chi connectivity index (χ4n) is 3.20. The van der Waals surface area contributed by atoms with E-state index >= 15 is 0 Å². The SMILES string of the molecule is Cn1cnc(C(=O)N2CCc3ccc(C(=O)NCC4CC4)n3CC2)n1. The molecular weight excluding hydrogens is 320 g/mol. The number of carbonyl (C=O) groups is 2. The topological polar surface area (TPSA) is 85.0 Å². The summed E-state index contributed by atoms with van der Waals surface area (Å²) in [7, 11) is 1.74. The van der Waals surface area contributed by atoms with Crippen LogP contribution in [-0.4, -0.2) is 55.7 Å². The van der Waals surface area contributed by atoms with Crippen molar-refractivity contribution >= 4 is 11.8 Å². The minimum Gasteiger partial charge on any atom is -0.350 e. The largest absolute Gasteiger partial charge is 0.350 e. The molecule has 4 rings (SSSR count). The first kappa shape index (κ1) is 15.9. The molecule has 0 saturated heterocycles. The smallest absolute Gasteiger partial charge is 0.293 e. The lowest BCUT2D eigenvalue weighted by atomic mass is 10.3. The number of aryl methyl sites for hydroxylation is 1. The number of carbonyl (C=O) groups excluding carboxylic acids is 2. The van der Waals surface area contributed by atoms with Crippen molar-refractivity contribution in [1.82, 2.24) is 29.5 Å². The van der Waals surface area contributed by atoms with E-state index in [1.807, 2.05) is 16.7 Å². The second-order valence-corrected chi connectivity index (χ2v) is 6.80. The first-order valence-electron chi connectivity index (χ1n) is 8.73. The third kappa shape index (κ3) is 3.29. The van der Waals surface area contributed by atoms with E-state index in [-0.39, 0.29) is 17.6 Å². The van der Waals surface area contributed by atoms with Crippen molar-refractivity contribution in [1.29, 1.82) is 0 Å². The van der Waals surface area contributed by atoms with Crippen molar-refractivity contribution in [2.45, 2.75) is 25.8 Å². The van der Waals surface area contributed by atoms with Gasteiger partial charge < -0.3 is 14.8 Å². The summed E-state index contributed by atoms with van der Waals surface area (Å²) in [6.07, 6.45) is 4.67. The lowest BCUT2D eigenvalue weighted by Crippen LogP contribution is -2.35. The standard InChI is InChI=1S/C17H22N6O2/c1-21-11-19-15(20-21)17(25)22-7-6-13-4-5-14(23(13)9-8-22)16(24)18-10-12-2-3-12/h4-5,11-12H,2-3,6-10H2,1H3,(H,18,24). The van der Waals surface area contributed by atoms with E-state index in [0.717, 1.165) is 12.2 Å². The molecule has 0 spiro atoms. The van der Waals surface area contributed by atoms with Gasteiger partial charge in [0.25, 0.3) is 11.8 Å². The van der Waals surface area contributed by atoms with Gasteiger partial charge in [0.1, 0.15) is 12.0 Å². The Hall–Kier alpha value is -2.64. The number of hydrogen-bond donors (Lipinski definition) is 1. The van der Waals surface area contributed by atoms with Crippen LogP contribution in [0.25, 0.3) is 0 Å². The highest BCUT2D eigenvalue weighted by Gasteiger charge is 2.26. The van der Waals surface area contributed by atoms with E-state index in [1.54, 1.807) is 11.9 Å². The van der Waals surface area contributed by atoms with Crippen LogP contribution >= 0.6 is 0 Å². The quantitative estimate of drug-likeness (QED) is 0.874. The number of fused-ring (bicyclic) bond motifs is 1. The van der Waals surface area contributed by atoms with E-state index in [0.29, 0.717) is 37.7 Å². The molecule has 8 nitrogen and oxygen atoms in total. The maximum atomic E-state index is 12.5. The summed E-state index contributed by atoms with van der Waals surface area (Å²) < 4.78 is 3.55. The van der Waals surface area contributed by atoms with Gasteiger partial charge in [-0.05, 0) is 30.9 Å². The Bertz CT molecular complexity index is 804. The van der Waals surface area contributed by atoms with E-state index < -0.39 is 0 Å². The Morgan fingerprint density at radius 1 is 1.24 bits per heavy atom. The van der Waals surface area contributed by atoms with Crippen molar-refractivity contribution in [3.05, 3.63) is 35.7 Å². The Balaban J connectivity index is 1.44. The van der Waals surface area contributed by atoms with Crippen molar-refractivity contribution in [2.75, 3.05) is 19.6 Å². The molecule has 1 fully saturated rings. The van der Waals surface area contributed by atoms with Crippen LogP contribution in [0.15, 0.2) is 18.5 Å². The first-order valence-corrected chi connectivity index (χ1v) is 8.73. The van der Waals surface area contributed by atoms with Crippen LogP contribution < -0.4 is 5.32 Å². The number of rotatable bonds is 4. The van der Waals surface area contributed by atoms with Crippen LogP contribution in [0.4, 0.5) is 0 Å². The summed E-state index contributed by atoms with van der Waals surface area (Å²) in [5, 5.41) is 7.11. The number of hydrogen-bond acceptors (Lipinski definition) is 4. The van der Waals surface area contributed by atoms with Crippen LogP contribution in [0, 0.1) is 5.92 Å². The second kappa shape index (κ2) is 6.34. The minimum absolute atomic E-state index is 0.0238. The van der Waals surface area contributed by atoms with Crippen LogP contribution in [-0.2, 0) is 20.0 Å². The minimum atomic E-state index is -0.161. The molecule has 8 heteroatoms. The molecule has 0 aromatic carbocycles. The second-order valence-electron chi connectivity index (χ2n) is 6.80. The fourth-order valence-corrected chi connectivity index (χ4v) is 3.20. The average molecular weight is 342 g/mol. The molecule has 2 aromatic rings. The van der Waals surface area contributed by atoms with Gasteiger partial charge in [0.05, 0.1) is 0 Å². The highest BCUT2D eigenvalue weighted by atomic mass is 16.2. The molecule has 0 bridgehead atoms. The molecule has 3 heterocycles. The lowest BCUT2D eigenvalue weighted by molar-refractivity contribution is 0.0746. The van der Waals surface area contributed by atoms with Gasteiger partial charge in [-0.3, -0.25) is 14.3 Å². The predicted octanol–water partition coefficient (Wildman–Crippen LogP) is 0.455. The summed E-state index contributed by atoms with van der Waals surface area (Å²) in [4.78, 5) is 30.8. The molecule has 1 N–H and O–H groups in total.